The van der Waals surface area contributed by atoms with E-state index in [4.69, 9.17) is 4.74 Å². The quantitative estimate of drug-likeness (QED) is 0.692. The number of amides is 3. The lowest BCUT2D eigenvalue weighted by Gasteiger charge is -2.29. The van der Waals surface area contributed by atoms with E-state index in [1.54, 1.807) is 18.2 Å². The van der Waals surface area contributed by atoms with Crippen LogP contribution in [-0.4, -0.2) is 33.6 Å². The molecule has 5 rings (SSSR count). The molecule has 0 radical (unpaired) electrons. The van der Waals surface area contributed by atoms with E-state index in [0.29, 0.717) is 22.9 Å². The van der Waals surface area contributed by atoms with Crippen molar-refractivity contribution in [3.05, 3.63) is 53.6 Å². The van der Waals surface area contributed by atoms with Crippen molar-refractivity contribution in [3.8, 4) is 10.9 Å². The SMILES string of the molecule is O=C1CCC(N2Cc3c(Oc4nc5ccccc5s4)cccc3C2=O)C(=O)N1. The Balaban J connectivity index is 1.44. The molecule has 7 nitrogen and oxygen atoms in total. The van der Waals surface area contributed by atoms with Gasteiger partial charge in [0.25, 0.3) is 11.1 Å². The van der Waals surface area contributed by atoms with Crippen LogP contribution < -0.4 is 10.1 Å². The Morgan fingerprint density at radius 3 is 2.79 bits per heavy atom. The number of hydrogen-bond acceptors (Lipinski definition) is 6. The number of aromatic nitrogens is 1. The minimum Gasteiger partial charge on any atom is -0.430 e. The number of rotatable bonds is 3. The molecular weight excluding hydrogens is 378 g/mol. The highest BCUT2D eigenvalue weighted by atomic mass is 32.1. The molecule has 0 aliphatic carbocycles. The lowest BCUT2D eigenvalue weighted by atomic mass is 10.0. The summed E-state index contributed by atoms with van der Waals surface area (Å²) in [6, 6.07) is 12.4. The topological polar surface area (TPSA) is 88.6 Å². The van der Waals surface area contributed by atoms with Gasteiger partial charge in [0.15, 0.2) is 0 Å². The van der Waals surface area contributed by atoms with Gasteiger partial charge in [0, 0.05) is 17.5 Å². The Morgan fingerprint density at radius 2 is 1.96 bits per heavy atom. The normalized spacial score (nSPS) is 19.1. The predicted molar refractivity (Wildman–Crippen MR) is 102 cm³/mol. The Bertz CT molecular complexity index is 1110. The highest BCUT2D eigenvalue weighted by molar-refractivity contribution is 7.20. The average molecular weight is 393 g/mol. The van der Waals surface area contributed by atoms with Crippen molar-refractivity contribution >= 4 is 39.3 Å². The molecule has 3 aromatic rings. The van der Waals surface area contributed by atoms with E-state index in [0.717, 1.165) is 15.8 Å². The van der Waals surface area contributed by atoms with Crippen molar-refractivity contribution in [2.75, 3.05) is 0 Å². The van der Waals surface area contributed by atoms with Crippen molar-refractivity contribution in [2.45, 2.75) is 25.4 Å². The Labute approximate surface area is 163 Å². The summed E-state index contributed by atoms with van der Waals surface area (Å²) < 4.78 is 7.03. The zero-order valence-corrected chi connectivity index (χ0v) is 15.5. The Hall–Kier alpha value is -3.26. The molecule has 140 valence electrons. The molecule has 2 aliphatic rings. The monoisotopic (exact) mass is 393 g/mol. The van der Waals surface area contributed by atoms with Gasteiger partial charge in [-0.25, -0.2) is 4.98 Å². The number of nitrogens with zero attached hydrogens (tertiary/aromatic N) is 2. The van der Waals surface area contributed by atoms with E-state index < -0.39 is 11.9 Å². The van der Waals surface area contributed by atoms with Crippen LogP contribution in [0.2, 0.25) is 0 Å². The Kier molecular flexibility index (Phi) is 3.87. The van der Waals surface area contributed by atoms with Crippen LogP contribution in [0.5, 0.6) is 10.9 Å². The number of benzene rings is 2. The second-order valence-corrected chi connectivity index (χ2v) is 7.72. The van der Waals surface area contributed by atoms with Crippen molar-refractivity contribution < 1.29 is 19.1 Å². The summed E-state index contributed by atoms with van der Waals surface area (Å²) in [5.41, 5.74) is 2.11. The van der Waals surface area contributed by atoms with Crippen LogP contribution in [-0.2, 0) is 16.1 Å². The summed E-state index contributed by atoms with van der Waals surface area (Å²) in [5.74, 6) is -0.393. The first kappa shape index (κ1) is 16.9. The van der Waals surface area contributed by atoms with Gasteiger partial charge in [-0.3, -0.25) is 19.7 Å². The van der Waals surface area contributed by atoms with Crippen LogP contribution in [0.25, 0.3) is 10.2 Å². The zero-order chi connectivity index (χ0) is 19.3. The van der Waals surface area contributed by atoms with E-state index in [1.165, 1.54) is 16.2 Å². The largest absolute Gasteiger partial charge is 0.430 e. The van der Waals surface area contributed by atoms with E-state index in [2.05, 4.69) is 10.3 Å². The molecule has 1 fully saturated rings. The van der Waals surface area contributed by atoms with Gasteiger partial charge >= 0.3 is 0 Å². The molecule has 3 amide bonds. The molecule has 1 N–H and O–H groups in total. The number of thiazole rings is 1. The molecule has 8 heteroatoms. The van der Waals surface area contributed by atoms with Crippen molar-refractivity contribution in [1.29, 1.82) is 0 Å². The van der Waals surface area contributed by atoms with Crippen molar-refractivity contribution in [2.24, 2.45) is 0 Å². The molecule has 0 bridgehead atoms. The minimum absolute atomic E-state index is 0.223. The molecular formula is C20H15N3O4S. The second kappa shape index (κ2) is 6.42. The molecule has 2 aromatic carbocycles. The first-order valence-electron chi connectivity index (χ1n) is 8.90. The van der Waals surface area contributed by atoms with Gasteiger partial charge in [-0.1, -0.05) is 29.5 Å². The molecule has 1 atom stereocenters. The predicted octanol–water partition coefficient (Wildman–Crippen LogP) is 2.85. The third-order valence-corrected chi connectivity index (χ3v) is 5.93. The number of ether oxygens (including phenoxy) is 1. The number of nitrogens with one attached hydrogen (secondary N) is 1. The fourth-order valence-corrected chi connectivity index (χ4v) is 4.47. The number of carbonyl (C=O) groups excluding carboxylic acids is 3. The molecule has 1 aromatic heterocycles. The molecule has 3 heterocycles. The van der Waals surface area contributed by atoms with Gasteiger partial charge in [0.1, 0.15) is 11.8 Å². The highest BCUT2D eigenvalue weighted by Gasteiger charge is 2.40. The maximum Gasteiger partial charge on any atom is 0.279 e. The number of para-hydroxylation sites is 1. The first-order chi connectivity index (χ1) is 13.6. The molecule has 0 spiro atoms. The zero-order valence-electron chi connectivity index (χ0n) is 14.7. The van der Waals surface area contributed by atoms with Gasteiger partial charge in [-0.15, -0.1) is 0 Å². The maximum absolute atomic E-state index is 12.9. The minimum atomic E-state index is -0.645. The molecule has 1 saturated heterocycles. The fourth-order valence-electron chi connectivity index (χ4n) is 3.64. The third kappa shape index (κ3) is 2.73. The summed E-state index contributed by atoms with van der Waals surface area (Å²) in [6.45, 7) is 0.265. The number of imide groups is 1. The second-order valence-electron chi connectivity index (χ2n) is 6.73. The number of carbonyl (C=O) groups is 3. The fraction of sp³-hybridized carbons (Fsp3) is 0.200. The Morgan fingerprint density at radius 1 is 1.11 bits per heavy atom. The standard InChI is InChI=1S/C20H15N3O4S/c24-17-9-8-14(18(25)22-17)23-10-12-11(19(23)26)4-3-6-15(12)27-20-21-13-5-1-2-7-16(13)28-20/h1-7,14H,8-10H2,(H,22,24,25). The third-order valence-electron chi connectivity index (χ3n) is 5.01. The number of piperidine rings is 1. The van der Waals surface area contributed by atoms with Crippen LogP contribution in [0.3, 0.4) is 0 Å². The molecule has 1 unspecified atom stereocenters. The summed E-state index contributed by atoms with van der Waals surface area (Å²) in [7, 11) is 0. The van der Waals surface area contributed by atoms with Crippen LogP contribution in [0, 0.1) is 0 Å². The van der Waals surface area contributed by atoms with Crippen LogP contribution in [0.1, 0.15) is 28.8 Å². The van der Waals surface area contributed by atoms with E-state index in [9.17, 15) is 14.4 Å². The molecule has 2 aliphatic heterocycles. The van der Waals surface area contributed by atoms with Gasteiger partial charge in [-0.05, 0) is 30.7 Å². The smallest absolute Gasteiger partial charge is 0.279 e. The summed E-state index contributed by atoms with van der Waals surface area (Å²) in [4.78, 5) is 42.5. The van der Waals surface area contributed by atoms with Gasteiger partial charge in [0.05, 0.1) is 16.8 Å². The number of hydrogen-bond donors (Lipinski definition) is 1. The summed E-state index contributed by atoms with van der Waals surface area (Å²) >= 11 is 1.43. The van der Waals surface area contributed by atoms with Crippen LogP contribution >= 0.6 is 11.3 Å². The summed E-state index contributed by atoms with van der Waals surface area (Å²) in [6.07, 6.45) is 0.560. The molecule has 0 saturated carbocycles. The average Bonchev–Trinajstić information content (AvgIpc) is 3.23. The van der Waals surface area contributed by atoms with E-state index in [1.807, 2.05) is 24.3 Å². The van der Waals surface area contributed by atoms with E-state index >= 15 is 0 Å². The van der Waals surface area contributed by atoms with Gasteiger partial charge in [0.2, 0.25) is 11.8 Å². The highest BCUT2D eigenvalue weighted by Crippen LogP contribution is 2.37. The van der Waals surface area contributed by atoms with Crippen molar-refractivity contribution in [1.82, 2.24) is 15.2 Å². The lowest BCUT2D eigenvalue weighted by molar-refractivity contribution is -0.136. The van der Waals surface area contributed by atoms with Crippen molar-refractivity contribution in [3.63, 3.8) is 0 Å². The van der Waals surface area contributed by atoms with Crippen LogP contribution in [0.4, 0.5) is 0 Å². The van der Waals surface area contributed by atoms with Crippen LogP contribution in [0.15, 0.2) is 42.5 Å². The summed E-state index contributed by atoms with van der Waals surface area (Å²) in [5, 5.41) is 2.81. The number of fused-ring (bicyclic) bond motifs is 2. The van der Waals surface area contributed by atoms with Gasteiger partial charge < -0.3 is 9.64 Å². The van der Waals surface area contributed by atoms with E-state index in [-0.39, 0.29) is 24.8 Å². The molecule has 28 heavy (non-hydrogen) atoms. The maximum atomic E-state index is 12.9. The lowest BCUT2D eigenvalue weighted by Crippen LogP contribution is -2.52. The van der Waals surface area contributed by atoms with Gasteiger partial charge in [-0.2, -0.15) is 0 Å². The first-order valence-corrected chi connectivity index (χ1v) is 9.72.